The molecule has 0 fully saturated rings. The standard InChI is InChI=1S/C13H28N2O2/c1-5-7-12(14)10-13(16)15(8-9-17-4)11(3)6-2/h11-12H,5-10,14H2,1-4H3. The first-order valence-corrected chi connectivity index (χ1v) is 6.60. The summed E-state index contributed by atoms with van der Waals surface area (Å²) in [4.78, 5) is 14.0. The fraction of sp³-hybridized carbons (Fsp3) is 0.923. The van der Waals surface area contributed by atoms with Gasteiger partial charge in [0.1, 0.15) is 0 Å². The van der Waals surface area contributed by atoms with E-state index in [2.05, 4.69) is 20.8 Å². The molecule has 2 N–H and O–H groups in total. The van der Waals surface area contributed by atoms with Crippen molar-refractivity contribution in [1.29, 1.82) is 0 Å². The third kappa shape index (κ3) is 6.64. The first-order valence-electron chi connectivity index (χ1n) is 6.60. The Bertz CT molecular complexity index is 210. The van der Waals surface area contributed by atoms with Crippen LogP contribution in [0.1, 0.15) is 46.5 Å². The van der Waals surface area contributed by atoms with Gasteiger partial charge in [-0.1, -0.05) is 20.3 Å². The summed E-state index contributed by atoms with van der Waals surface area (Å²) in [6.45, 7) is 7.48. The molecular weight excluding hydrogens is 216 g/mol. The van der Waals surface area contributed by atoms with Crippen LogP contribution < -0.4 is 5.73 Å². The van der Waals surface area contributed by atoms with Crippen molar-refractivity contribution in [3.05, 3.63) is 0 Å². The summed E-state index contributed by atoms with van der Waals surface area (Å²) in [6, 6.07) is 0.244. The van der Waals surface area contributed by atoms with E-state index in [0.717, 1.165) is 19.3 Å². The van der Waals surface area contributed by atoms with Crippen LogP contribution in [-0.4, -0.2) is 43.2 Å². The van der Waals surface area contributed by atoms with E-state index in [1.807, 2.05) is 4.90 Å². The molecule has 0 saturated heterocycles. The van der Waals surface area contributed by atoms with Crippen molar-refractivity contribution in [3.63, 3.8) is 0 Å². The lowest BCUT2D eigenvalue weighted by atomic mass is 10.1. The zero-order valence-corrected chi connectivity index (χ0v) is 11.7. The summed E-state index contributed by atoms with van der Waals surface area (Å²) in [5.41, 5.74) is 5.91. The number of hydrogen-bond donors (Lipinski definition) is 1. The molecule has 0 aliphatic carbocycles. The van der Waals surface area contributed by atoms with Crippen LogP contribution in [0.15, 0.2) is 0 Å². The highest BCUT2D eigenvalue weighted by Crippen LogP contribution is 2.08. The number of methoxy groups -OCH3 is 1. The van der Waals surface area contributed by atoms with Crippen molar-refractivity contribution in [3.8, 4) is 0 Å². The second-order valence-corrected chi connectivity index (χ2v) is 4.59. The Labute approximate surface area is 105 Å². The number of rotatable bonds is 9. The molecule has 102 valence electrons. The number of hydrogen-bond acceptors (Lipinski definition) is 3. The molecule has 2 unspecified atom stereocenters. The van der Waals surface area contributed by atoms with Crippen molar-refractivity contribution in [2.24, 2.45) is 5.73 Å². The van der Waals surface area contributed by atoms with Crippen LogP contribution in [0.25, 0.3) is 0 Å². The number of ether oxygens (including phenoxy) is 1. The van der Waals surface area contributed by atoms with Gasteiger partial charge in [-0.3, -0.25) is 4.79 Å². The Morgan fingerprint density at radius 3 is 2.53 bits per heavy atom. The van der Waals surface area contributed by atoms with E-state index in [0.29, 0.717) is 19.6 Å². The number of carbonyl (C=O) groups is 1. The quantitative estimate of drug-likeness (QED) is 0.672. The minimum atomic E-state index is -0.0124. The van der Waals surface area contributed by atoms with Gasteiger partial charge < -0.3 is 15.4 Å². The number of nitrogens with two attached hydrogens (primary N) is 1. The molecule has 0 aromatic rings. The first kappa shape index (κ1) is 16.4. The van der Waals surface area contributed by atoms with Gasteiger partial charge in [-0.05, 0) is 19.8 Å². The van der Waals surface area contributed by atoms with Crippen molar-refractivity contribution in [2.75, 3.05) is 20.3 Å². The van der Waals surface area contributed by atoms with Crippen LogP contribution >= 0.6 is 0 Å². The van der Waals surface area contributed by atoms with Crippen LogP contribution in [0, 0.1) is 0 Å². The normalized spacial score (nSPS) is 14.4. The zero-order valence-electron chi connectivity index (χ0n) is 11.7. The fourth-order valence-corrected chi connectivity index (χ4v) is 1.82. The summed E-state index contributed by atoms with van der Waals surface area (Å²) in [6.07, 6.45) is 3.33. The topological polar surface area (TPSA) is 55.6 Å². The minimum Gasteiger partial charge on any atom is -0.383 e. The molecule has 1 amide bonds. The Morgan fingerprint density at radius 1 is 1.41 bits per heavy atom. The average Bonchev–Trinajstić information content (AvgIpc) is 2.29. The number of amides is 1. The molecule has 0 saturated carbocycles. The van der Waals surface area contributed by atoms with Gasteiger partial charge in [0, 0.05) is 32.2 Å². The molecule has 0 aliphatic heterocycles. The van der Waals surface area contributed by atoms with E-state index < -0.39 is 0 Å². The van der Waals surface area contributed by atoms with Crippen molar-refractivity contribution < 1.29 is 9.53 Å². The van der Waals surface area contributed by atoms with Crippen molar-refractivity contribution in [1.82, 2.24) is 4.90 Å². The largest absolute Gasteiger partial charge is 0.383 e. The highest BCUT2D eigenvalue weighted by atomic mass is 16.5. The summed E-state index contributed by atoms with van der Waals surface area (Å²) in [5, 5.41) is 0. The summed E-state index contributed by atoms with van der Waals surface area (Å²) in [7, 11) is 1.65. The molecular formula is C13H28N2O2. The highest BCUT2D eigenvalue weighted by Gasteiger charge is 2.20. The maximum atomic E-state index is 12.1. The molecule has 17 heavy (non-hydrogen) atoms. The molecule has 0 aromatic carbocycles. The Morgan fingerprint density at radius 2 is 2.06 bits per heavy atom. The van der Waals surface area contributed by atoms with Crippen molar-refractivity contribution in [2.45, 2.75) is 58.5 Å². The van der Waals surface area contributed by atoms with Gasteiger partial charge in [-0.2, -0.15) is 0 Å². The monoisotopic (exact) mass is 244 g/mol. The van der Waals surface area contributed by atoms with Gasteiger partial charge in [0.15, 0.2) is 0 Å². The van der Waals surface area contributed by atoms with Gasteiger partial charge in [-0.25, -0.2) is 0 Å². The second-order valence-electron chi connectivity index (χ2n) is 4.59. The third-order valence-electron chi connectivity index (χ3n) is 3.08. The van der Waals surface area contributed by atoms with E-state index >= 15 is 0 Å². The second kappa shape index (κ2) is 9.42. The minimum absolute atomic E-state index is 0.0124. The van der Waals surface area contributed by atoms with Crippen LogP contribution in [-0.2, 0) is 9.53 Å². The van der Waals surface area contributed by atoms with E-state index in [9.17, 15) is 4.79 Å². The number of carbonyl (C=O) groups excluding carboxylic acids is 1. The highest BCUT2D eigenvalue weighted by molar-refractivity contribution is 5.77. The summed E-state index contributed by atoms with van der Waals surface area (Å²) in [5.74, 6) is 0.150. The van der Waals surface area contributed by atoms with Crippen LogP contribution in [0.2, 0.25) is 0 Å². The number of nitrogens with zero attached hydrogens (tertiary/aromatic N) is 1. The van der Waals surface area contributed by atoms with Crippen LogP contribution in [0.3, 0.4) is 0 Å². The molecule has 0 bridgehead atoms. The fourth-order valence-electron chi connectivity index (χ4n) is 1.82. The lowest BCUT2D eigenvalue weighted by molar-refractivity contribution is -0.134. The van der Waals surface area contributed by atoms with Gasteiger partial charge in [-0.15, -0.1) is 0 Å². The first-order chi connectivity index (χ1) is 8.06. The van der Waals surface area contributed by atoms with E-state index in [-0.39, 0.29) is 18.0 Å². The molecule has 0 spiro atoms. The lowest BCUT2D eigenvalue weighted by Gasteiger charge is -2.29. The molecule has 0 radical (unpaired) electrons. The summed E-state index contributed by atoms with van der Waals surface area (Å²) >= 11 is 0. The smallest absolute Gasteiger partial charge is 0.224 e. The van der Waals surface area contributed by atoms with Crippen molar-refractivity contribution >= 4 is 5.91 Å². The molecule has 0 aromatic heterocycles. The van der Waals surface area contributed by atoms with E-state index in [1.54, 1.807) is 7.11 Å². The molecule has 0 aliphatic rings. The zero-order chi connectivity index (χ0) is 13.3. The van der Waals surface area contributed by atoms with Gasteiger partial charge in [0.2, 0.25) is 5.91 Å². The van der Waals surface area contributed by atoms with E-state index in [1.165, 1.54) is 0 Å². The van der Waals surface area contributed by atoms with Crippen LogP contribution in [0.5, 0.6) is 0 Å². The lowest BCUT2D eigenvalue weighted by Crippen LogP contribution is -2.42. The maximum Gasteiger partial charge on any atom is 0.224 e. The molecule has 4 nitrogen and oxygen atoms in total. The Hall–Kier alpha value is -0.610. The SMILES string of the molecule is CCCC(N)CC(=O)N(CCOC)C(C)CC. The van der Waals surface area contributed by atoms with Gasteiger partial charge in [0.05, 0.1) is 6.61 Å². The average molecular weight is 244 g/mol. The third-order valence-corrected chi connectivity index (χ3v) is 3.08. The molecule has 0 heterocycles. The van der Waals surface area contributed by atoms with Gasteiger partial charge in [0.25, 0.3) is 0 Å². The van der Waals surface area contributed by atoms with Crippen LogP contribution in [0.4, 0.5) is 0 Å². The predicted molar refractivity (Wildman–Crippen MR) is 70.8 cm³/mol. The molecule has 2 atom stereocenters. The Balaban J connectivity index is 4.30. The van der Waals surface area contributed by atoms with Gasteiger partial charge >= 0.3 is 0 Å². The molecule has 4 heteroatoms. The molecule has 0 rings (SSSR count). The summed E-state index contributed by atoms with van der Waals surface area (Å²) < 4.78 is 5.04. The maximum absolute atomic E-state index is 12.1. The predicted octanol–water partition coefficient (Wildman–Crippen LogP) is 1.78. The Kier molecular flexibility index (Phi) is 9.09. The van der Waals surface area contributed by atoms with E-state index in [4.69, 9.17) is 10.5 Å².